The smallest absolute Gasteiger partial charge is 0.255 e. The zero-order valence-electron chi connectivity index (χ0n) is 13.5. The SMILES string of the molecule is CCN(CC)C(=O)c1ccc(NC(=O)c2cc(Cl)cc(Cl)c2)cc1. The van der Waals surface area contributed by atoms with Crippen LogP contribution in [0.2, 0.25) is 10.0 Å². The molecular weight excluding hydrogens is 347 g/mol. The van der Waals surface area contributed by atoms with E-state index in [1.165, 1.54) is 0 Å². The van der Waals surface area contributed by atoms with Crippen molar-refractivity contribution in [1.82, 2.24) is 4.90 Å². The lowest BCUT2D eigenvalue weighted by Gasteiger charge is -2.18. The van der Waals surface area contributed by atoms with Gasteiger partial charge in [0.05, 0.1) is 0 Å². The minimum atomic E-state index is -0.317. The molecule has 126 valence electrons. The van der Waals surface area contributed by atoms with Crippen molar-refractivity contribution in [2.24, 2.45) is 0 Å². The maximum atomic E-state index is 12.2. The van der Waals surface area contributed by atoms with Crippen molar-refractivity contribution in [3.8, 4) is 0 Å². The predicted octanol–water partition coefficient (Wildman–Crippen LogP) is 4.73. The second-order valence-corrected chi connectivity index (χ2v) is 6.04. The zero-order valence-corrected chi connectivity index (χ0v) is 15.0. The largest absolute Gasteiger partial charge is 0.339 e. The average Bonchev–Trinajstić information content (AvgIpc) is 2.55. The molecule has 0 aromatic heterocycles. The van der Waals surface area contributed by atoms with Gasteiger partial charge in [-0.3, -0.25) is 9.59 Å². The lowest BCUT2D eigenvalue weighted by molar-refractivity contribution is 0.0773. The molecule has 0 radical (unpaired) electrons. The molecule has 2 rings (SSSR count). The molecule has 24 heavy (non-hydrogen) atoms. The fraction of sp³-hybridized carbons (Fsp3) is 0.222. The van der Waals surface area contributed by atoms with Crippen molar-refractivity contribution in [3.05, 3.63) is 63.6 Å². The molecule has 0 bridgehead atoms. The lowest BCUT2D eigenvalue weighted by atomic mass is 10.1. The topological polar surface area (TPSA) is 49.4 Å². The molecule has 1 N–H and O–H groups in total. The van der Waals surface area contributed by atoms with Gasteiger partial charge >= 0.3 is 0 Å². The van der Waals surface area contributed by atoms with Crippen molar-refractivity contribution >= 4 is 40.7 Å². The Kier molecular flexibility index (Phi) is 6.23. The second kappa shape index (κ2) is 8.18. The van der Waals surface area contributed by atoms with E-state index in [1.54, 1.807) is 47.4 Å². The summed E-state index contributed by atoms with van der Waals surface area (Å²) in [5, 5.41) is 3.55. The van der Waals surface area contributed by atoms with Gasteiger partial charge in [-0.1, -0.05) is 23.2 Å². The first-order chi connectivity index (χ1) is 11.4. The zero-order chi connectivity index (χ0) is 17.7. The van der Waals surface area contributed by atoms with Gasteiger partial charge in [-0.15, -0.1) is 0 Å². The maximum Gasteiger partial charge on any atom is 0.255 e. The molecule has 4 nitrogen and oxygen atoms in total. The second-order valence-electron chi connectivity index (χ2n) is 5.17. The molecule has 0 aliphatic heterocycles. The standard InChI is InChI=1S/C18H18Cl2N2O2/c1-3-22(4-2)18(24)12-5-7-16(8-6-12)21-17(23)13-9-14(19)11-15(20)10-13/h5-11H,3-4H2,1-2H3,(H,21,23). The number of hydrogen-bond acceptors (Lipinski definition) is 2. The summed E-state index contributed by atoms with van der Waals surface area (Å²) in [4.78, 5) is 26.2. The van der Waals surface area contributed by atoms with Crippen LogP contribution in [0, 0.1) is 0 Å². The van der Waals surface area contributed by atoms with Gasteiger partial charge in [0.2, 0.25) is 0 Å². The van der Waals surface area contributed by atoms with E-state index < -0.39 is 0 Å². The quantitative estimate of drug-likeness (QED) is 0.833. The summed E-state index contributed by atoms with van der Waals surface area (Å²) in [6, 6.07) is 11.4. The average molecular weight is 365 g/mol. The van der Waals surface area contributed by atoms with Gasteiger partial charge in [0, 0.05) is 39.9 Å². The number of anilines is 1. The van der Waals surface area contributed by atoms with Gasteiger partial charge in [0.15, 0.2) is 0 Å². The van der Waals surface area contributed by atoms with Gasteiger partial charge < -0.3 is 10.2 Å². The number of carbonyl (C=O) groups is 2. The van der Waals surface area contributed by atoms with Crippen LogP contribution in [0.15, 0.2) is 42.5 Å². The van der Waals surface area contributed by atoms with Crippen molar-refractivity contribution in [1.29, 1.82) is 0 Å². The van der Waals surface area contributed by atoms with Gasteiger partial charge in [-0.05, 0) is 56.3 Å². The molecule has 0 aliphatic carbocycles. The summed E-state index contributed by atoms with van der Waals surface area (Å²) in [6.07, 6.45) is 0. The molecular formula is C18H18Cl2N2O2. The Morgan fingerprint density at radius 1 is 0.917 bits per heavy atom. The molecule has 6 heteroatoms. The van der Waals surface area contributed by atoms with Crippen LogP contribution in [0.25, 0.3) is 0 Å². The highest BCUT2D eigenvalue weighted by Crippen LogP contribution is 2.20. The highest BCUT2D eigenvalue weighted by Gasteiger charge is 2.13. The highest BCUT2D eigenvalue weighted by atomic mass is 35.5. The van der Waals surface area contributed by atoms with Crippen LogP contribution in [-0.4, -0.2) is 29.8 Å². The Labute approximate surface area is 151 Å². The Morgan fingerprint density at radius 2 is 1.46 bits per heavy atom. The van der Waals surface area contributed by atoms with Gasteiger partial charge in [0.25, 0.3) is 11.8 Å². The van der Waals surface area contributed by atoms with Crippen LogP contribution in [0.5, 0.6) is 0 Å². The van der Waals surface area contributed by atoms with Gasteiger partial charge in [-0.2, -0.15) is 0 Å². The molecule has 0 spiro atoms. The first kappa shape index (κ1) is 18.3. The minimum Gasteiger partial charge on any atom is -0.339 e. The van der Waals surface area contributed by atoms with Crippen molar-refractivity contribution in [3.63, 3.8) is 0 Å². The van der Waals surface area contributed by atoms with E-state index in [1.807, 2.05) is 13.8 Å². The molecule has 0 unspecified atom stereocenters. The number of halogens is 2. The molecule has 0 saturated carbocycles. The van der Waals surface area contributed by atoms with Crippen molar-refractivity contribution < 1.29 is 9.59 Å². The van der Waals surface area contributed by atoms with E-state index in [0.29, 0.717) is 39.9 Å². The Hall–Kier alpha value is -2.04. The van der Waals surface area contributed by atoms with Crippen LogP contribution in [0.3, 0.4) is 0 Å². The number of benzene rings is 2. The van der Waals surface area contributed by atoms with E-state index in [0.717, 1.165) is 0 Å². The molecule has 2 amide bonds. The third-order valence-electron chi connectivity index (χ3n) is 3.57. The summed E-state index contributed by atoms with van der Waals surface area (Å²) in [6.45, 7) is 5.19. The van der Waals surface area contributed by atoms with E-state index in [-0.39, 0.29) is 11.8 Å². The Morgan fingerprint density at radius 3 is 1.96 bits per heavy atom. The molecule has 0 atom stereocenters. The predicted molar refractivity (Wildman–Crippen MR) is 98.1 cm³/mol. The van der Waals surface area contributed by atoms with Crippen LogP contribution in [0.1, 0.15) is 34.6 Å². The van der Waals surface area contributed by atoms with Gasteiger partial charge in [-0.25, -0.2) is 0 Å². The number of nitrogens with zero attached hydrogens (tertiary/aromatic N) is 1. The number of hydrogen-bond donors (Lipinski definition) is 1. The molecule has 0 saturated heterocycles. The molecule has 0 heterocycles. The monoisotopic (exact) mass is 364 g/mol. The molecule has 2 aromatic carbocycles. The Bertz CT molecular complexity index is 721. The number of carbonyl (C=O) groups excluding carboxylic acids is 2. The summed E-state index contributed by atoms with van der Waals surface area (Å²) in [7, 11) is 0. The van der Waals surface area contributed by atoms with E-state index in [9.17, 15) is 9.59 Å². The third-order valence-corrected chi connectivity index (χ3v) is 4.00. The van der Waals surface area contributed by atoms with Crippen LogP contribution in [0.4, 0.5) is 5.69 Å². The number of amides is 2. The van der Waals surface area contributed by atoms with Crippen LogP contribution < -0.4 is 5.32 Å². The number of rotatable bonds is 5. The van der Waals surface area contributed by atoms with Crippen molar-refractivity contribution in [2.45, 2.75) is 13.8 Å². The Balaban J connectivity index is 2.11. The van der Waals surface area contributed by atoms with E-state index in [2.05, 4.69) is 5.32 Å². The normalized spacial score (nSPS) is 10.3. The maximum absolute atomic E-state index is 12.2. The summed E-state index contributed by atoms with van der Waals surface area (Å²) >= 11 is 11.8. The van der Waals surface area contributed by atoms with E-state index in [4.69, 9.17) is 23.2 Å². The minimum absolute atomic E-state index is 0.0282. The van der Waals surface area contributed by atoms with Crippen LogP contribution >= 0.6 is 23.2 Å². The fourth-order valence-electron chi connectivity index (χ4n) is 2.28. The molecule has 0 fully saturated rings. The fourth-order valence-corrected chi connectivity index (χ4v) is 2.80. The first-order valence-corrected chi connectivity index (χ1v) is 8.37. The van der Waals surface area contributed by atoms with Crippen LogP contribution in [-0.2, 0) is 0 Å². The summed E-state index contributed by atoms with van der Waals surface area (Å²) in [5.74, 6) is -0.346. The summed E-state index contributed by atoms with van der Waals surface area (Å²) < 4.78 is 0. The van der Waals surface area contributed by atoms with Gasteiger partial charge in [0.1, 0.15) is 0 Å². The van der Waals surface area contributed by atoms with E-state index >= 15 is 0 Å². The lowest BCUT2D eigenvalue weighted by Crippen LogP contribution is -2.30. The first-order valence-electron chi connectivity index (χ1n) is 7.61. The van der Waals surface area contributed by atoms with Crippen molar-refractivity contribution in [2.75, 3.05) is 18.4 Å². The summed E-state index contributed by atoms with van der Waals surface area (Å²) in [5.41, 5.74) is 1.55. The number of nitrogens with one attached hydrogen (secondary N) is 1. The molecule has 0 aliphatic rings. The molecule has 2 aromatic rings. The third kappa shape index (κ3) is 4.49. The highest BCUT2D eigenvalue weighted by molar-refractivity contribution is 6.35.